The molecule has 0 amide bonds. The van der Waals surface area contributed by atoms with Crippen LogP contribution in [0.5, 0.6) is 0 Å². The fourth-order valence-electron chi connectivity index (χ4n) is 2.89. The Labute approximate surface area is 155 Å². The van der Waals surface area contributed by atoms with Crippen LogP contribution in [0.4, 0.5) is 0 Å². The molecule has 0 aromatic heterocycles. The summed E-state index contributed by atoms with van der Waals surface area (Å²) in [6.07, 6.45) is 3.36. The molecule has 2 aromatic carbocycles. The number of hydrogen-bond acceptors (Lipinski definition) is 3. The van der Waals surface area contributed by atoms with Crippen LogP contribution in [-0.2, 0) is 21.1 Å². The first kappa shape index (κ1) is 20.2. The van der Waals surface area contributed by atoms with Gasteiger partial charge >= 0.3 is 5.97 Å². The van der Waals surface area contributed by atoms with Crippen molar-refractivity contribution < 1.29 is 18.3 Å². The van der Waals surface area contributed by atoms with E-state index in [0.29, 0.717) is 6.42 Å². The number of sulfone groups is 1. The Kier molecular flexibility index (Phi) is 6.98. The van der Waals surface area contributed by atoms with E-state index >= 15 is 0 Å². The lowest BCUT2D eigenvalue weighted by atomic mass is 10.0. The molecule has 2 rings (SSSR count). The second kappa shape index (κ2) is 8.99. The molecule has 1 unspecified atom stereocenters. The molecule has 26 heavy (non-hydrogen) atoms. The third-order valence-corrected chi connectivity index (χ3v) is 6.67. The maximum absolute atomic E-state index is 12.6. The number of carbonyl (C=O) groups is 1. The Balaban J connectivity index is 1.90. The summed E-state index contributed by atoms with van der Waals surface area (Å²) in [5.41, 5.74) is 3.41. The zero-order valence-electron chi connectivity index (χ0n) is 15.3. The Morgan fingerprint density at radius 3 is 1.96 bits per heavy atom. The van der Waals surface area contributed by atoms with Crippen LogP contribution in [0.3, 0.4) is 0 Å². The molecule has 0 saturated carbocycles. The summed E-state index contributed by atoms with van der Waals surface area (Å²) in [6.45, 7) is 3.91. The highest BCUT2D eigenvalue weighted by atomic mass is 32.2. The molecule has 0 heterocycles. The maximum atomic E-state index is 12.6. The van der Waals surface area contributed by atoms with E-state index in [9.17, 15) is 18.3 Å². The summed E-state index contributed by atoms with van der Waals surface area (Å²) in [4.78, 5) is 11.6. The molecule has 0 aliphatic carbocycles. The zero-order valence-corrected chi connectivity index (χ0v) is 16.1. The average molecular weight is 375 g/mol. The summed E-state index contributed by atoms with van der Waals surface area (Å²) >= 11 is 0. The highest BCUT2D eigenvalue weighted by Crippen LogP contribution is 2.22. The van der Waals surface area contributed by atoms with Crippen LogP contribution < -0.4 is 0 Å². The predicted octanol–water partition coefficient (Wildman–Crippen LogP) is 4.33. The molecule has 0 fully saturated rings. The Morgan fingerprint density at radius 1 is 0.885 bits per heavy atom. The molecule has 0 radical (unpaired) electrons. The first-order valence-corrected chi connectivity index (χ1v) is 10.4. The van der Waals surface area contributed by atoms with Gasteiger partial charge in [-0.25, -0.2) is 8.42 Å². The van der Waals surface area contributed by atoms with E-state index in [4.69, 9.17) is 0 Å². The van der Waals surface area contributed by atoms with Crippen molar-refractivity contribution in [1.29, 1.82) is 0 Å². The molecule has 0 spiro atoms. The minimum Gasteiger partial charge on any atom is -0.480 e. The van der Waals surface area contributed by atoms with Crippen molar-refractivity contribution in [2.45, 2.75) is 56.1 Å². The van der Waals surface area contributed by atoms with E-state index in [1.807, 2.05) is 13.8 Å². The predicted molar refractivity (Wildman–Crippen MR) is 103 cm³/mol. The highest BCUT2D eigenvalue weighted by molar-refractivity contribution is 7.92. The van der Waals surface area contributed by atoms with Gasteiger partial charge in [0.15, 0.2) is 15.1 Å². The number of rotatable bonds is 9. The molecule has 5 heteroatoms. The highest BCUT2D eigenvalue weighted by Gasteiger charge is 2.33. The molecule has 0 aliphatic heterocycles. The Morgan fingerprint density at radius 2 is 1.42 bits per heavy atom. The van der Waals surface area contributed by atoms with Crippen LogP contribution in [0.1, 0.15) is 42.4 Å². The van der Waals surface area contributed by atoms with Crippen LogP contribution in [-0.4, -0.2) is 24.7 Å². The van der Waals surface area contributed by atoms with Gasteiger partial charge in [-0.3, -0.25) is 4.79 Å². The van der Waals surface area contributed by atoms with E-state index in [0.717, 1.165) is 24.8 Å². The number of aryl methyl sites for hydroxylation is 3. The average Bonchev–Trinajstić information content (AvgIpc) is 2.59. The second-order valence-corrected chi connectivity index (χ2v) is 8.90. The molecule has 1 N–H and O–H groups in total. The largest absolute Gasteiger partial charge is 0.480 e. The molecule has 4 nitrogen and oxygen atoms in total. The lowest BCUT2D eigenvalue weighted by Gasteiger charge is -2.14. The van der Waals surface area contributed by atoms with Gasteiger partial charge in [0.05, 0.1) is 4.90 Å². The van der Waals surface area contributed by atoms with Gasteiger partial charge in [-0.1, -0.05) is 60.4 Å². The fraction of sp³-hybridized carbons (Fsp3) is 0.381. The Hall–Kier alpha value is -2.14. The normalized spacial score (nSPS) is 12.7. The van der Waals surface area contributed by atoms with Gasteiger partial charge in [-0.15, -0.1) is 0 Å². The number of hydrogen-bond donors (Lipinski definition) is 1. The SMILES string of the molecule is Cc1ccc(CCCCCC(C(=O)O)S(=O)(=O)c2ccc(C)cc2)cc1. The van der Waals surface area contributed by atoms with Crippen LogP contribution in [0.25, 0.3) is 0 Å². The number of unbranched alkanes of at least 4 members (excludes halogenated alkanes) is 2. The molecule has 2 aromatic rings. The van der Waals surface area contributed by atoms with Gasteiger partial charge < -0.3 is 5.11 Å². The van der Waals surface area contributed by atoms with Crippen molar-refractivity contribution in [3.05, 3.63) is 65.2 Å². The van der Waals surface area contributed by atoms with Crippen molar-refractivity contribution >= 4 is 15.8 Å². The van der Waals surface area contributed by atoms with E-state index in [1.165, 1.54) is 23.3 Å². The fourth-order valence-corrected chi connectivity index (χ4v) is 4.48. The second-order valence-electron chi connectivity index (χ2n) is 6.77. The maximum Gasteiger partial charge on any atom is 0.322 e. The number of carboxylic acid groups (broad SMARTS) is 1. The number of carboxylic acids is 1. The number of aliphatic carboxylic acids is 1. The minimum atomic E-state index is -3.86. The summed E-state index contributed by atoms with van der Waals surface area (Å²) in [7, 11) is -3.86. The molecule has 0 bridgehead atoms. The number of benzene rings is 2. The van der Waals surface area contributed by atoms with Crippen LogP contribution in [0.15, 0.2) is 53.4 Å². The first-order chi connectivity index (χ1) is 12.3. The van der Waals surface area contributed by atoms with Crippen molar-refractivity contribution in [1.82, 2.24) is 0 Å². The monoisotopic (exact) mass is 374 g/mol. The smallest absolute Gasteiger partial charge is 0.322 e. The van der Waals surface area contributed by atoms with Crippen LogP contribution in [0, 0.1) is 13.8 Å². The summed E-state index contributed by atoms with van der Waals surface area (Å²) in [5, 5.41) is 8.02. The molecule has 0 saturated heterocycles. The first-order valence-electron chi connectivity index (χ1n) is 8.89. The summed E-state index contributed by atoms with van der Waals surface area (Å²) in [5.74, 6) is -1.27. The zero-order chi connectivity index (χ0) is 19.2. The summed E-state index contributed by atoms with van der Waals surface area (Å²) in [6, 6.07) is 14.7. The molecule has 140 valence electrons. The van der Waals surface area contributed by atoms with Crippen LogP contribution in [0.2, 0.25) is 0 Å². The van der Waals surface area contributed by atoms with E-state index in [-0.39, 0.29) is 11.3 Å². The van der Waals surface area contributed by atoms with Gasteiger partial charge in [0.2, 0.25) is 0 Å². The van der Waals surface area contributed by atoms with Crippen molar-refractivity contribution in [3.63, 3.8) is 0 Å². The molecule has 0 aliphatic rings. The van der Waals surface area contributed by atoms with Crippen molar-refractivity contribution in [3.8, 4) is 0 Å². The van der Waals surface area contributed by atoms with Gasteiger partial charge in [0, 0.05) is 0 Å². The lowest BCUT2D eigenvalue weighted by molar-refractivity contribution is -0.136. The molecular weight excluding hydrogens is 348 g/mol. The third kappa shape index (κ3) is 5.43. The molecular formula is C21H26O4S. The van der Waals surface area contributed by atoms with Crippen molar-refractivity contribution in [2.24, 2.45) is 0 Å². The third-order valence-electron chi connectivity index (χ3n) is 4.55. The Bertz CT molecular complexity index is 821. The van der Waals surface area contributed by atoms with Gasteiger partial charge in [-0.2, -0.15) is 0 Å². The van der Waals surface area contributed by atoms with Gasteiger partial charge in [0.25, 0.3) is 0 Å². The van der Waals surface area contributed by atoms with E-state index < -0.39 is 21.1 Å². The van der Waals surface area contributed by atoms with Gasteiger partial charge in [0.1, 0.15) is 0 Å². The topological polar surface area (TPSA) is 71.4 Å². The standard InChI is InChI=1S/C21H26O4S/c1-16-8-12-18(13-9-16)6-4-3-5-7-20(21(22)23)26(24,25)19-14-10-17(2)11-15-19/h8-15,20H,3-7H2,1-2H3,(H,22,23). The summed E-state index contributed by atoms with van der Waals surface area (Å²) < 4.78 is 25.2. The quantitative estimate of drug-likeness (QED) is 0.663. The molecule has 1 atom stereocenters. The van der Waals surface area contributed by atoms with E-state index in [1.54, 1.807) is 12.1 Å². The lowest BCUT2D eigenvalue weighted by Crippen LogP contribution is -2.30. The minimum absolute atomic E-state index is 0.0788. The van der Waals surface area contributed by atoms with E-state index in [2.05, 4.69) is 24.3 Å². The van der Waals surface area contributed by atoms with Crippen LogP contribution >= 0.6 is 0 Å². The van der Waals surface area contributed by atoms with Crippen molar-refractivity contribution in [2.75, 3.05) is 0 Å². The van der Waals surface area contributed by atoms with Gasteiger partial charge in [-0.05, 0) is 50.8 Å².